The topological polar surface area (TPSA) is 77.1 Å². The number of aryl methyl sites for hydroxylation is 2. The van der Waals surface area contributed by atoms with Crippen molar-refractivity contribution >= 4 is 28.6 Å². The number of nitrogens with one attached hydrogen (secondary N) is 1. The Morgan fingerprint density at radius 3 is 2.60 bits per heavy atom. The molecule has 5 nitrogen and oxygen atoms in total. The third kappa shape index (κ3) is 2.91. The number of nitrogens with two attached hydrogens (primary N) is 1. The molecular formula is C14H17N3O2S. The van der Waals surface area contributed by atoms with Crippen LogP contribution >= 0.6 is 11.3 Å². The van der Waals surface area contributed by atoms with Crippen LogP contribution in [0.5, 0.6) is 0 Å². The maximum atomic E-state index is 12.0. The second-order valence-corrected chi connectivity index (χ2v) is 5.88. The first-order valence-corrected chi connectivity index (χ1v) is 7.03. The minimum Gasteiger partial charge on any atom is -0.398 e. The van der Waals surface area contributed by atoms with Crippen LogP contribution in [0.15, 0.2) is 23.0 Å². The minimum atomic E-state index is -0.240. The number of thiazole rings is 1. The Kier molecular flexibility index (Phi) is 3.94. The lowest BCUT2D eigenvalue weighted by molar-refractivity contribution is -0.116. The fraction of sp³-hybridized carbons (Fsp3) is 0.286. The van der Waals surface area contributed by atoms with Crippen molar-refractivity contribution in [2.75, 3.05) is 11.1 Å². The molecule has 0 bridgehead atoms. The molecule has 6 heteroatoms. The van der Waals surface area contributed by atoms with Crippen molar-refractivity contribution in [3.63, 3.8) is 0 Å². The zero-order chi connectivity index (χ0) is 14.9. The number of hydrogen-bond acceptors (Lipinski definition) is 4. The number of nitrogens with zero attached hydrogens (tertiary/aromatic N) is 1. The number of carbonyl (C=O) groups excluding carboxylic acids is 1. The Labute approximate surface area is 121 Å². The van der Waals surface area contributed by atoms with Gasteiger partial charge < -0.3 is 11.1 Å². The Morgan fingerprint density at radius 2 is 2.05 bits per heavy atom. The van der Waals surface area contributed by atoms with Crippen LogP contribution in [0, 0.1) is 20.8 Å². The summed E-state index contributed by atoms with van der Waals surface area (Å²) in [6.07, 6.45) is 0. The van der Waals surface area contributed by atoms with Gasteiger partial charge in [0.1, 0.15) is 6.54 Å². The third-order valence-corrected chi connectivity index (χ3v) is 4.24. The largest absolute Gasteiger partial charge is 0.398 e. The van der Waals surface area contributed by atoms with Crippen LogP contribution in [0.4, 0.5) is 11.4 Å². The van der Waals surface area contributed by atoms with Crippen molar-refractivity contribution in [3.8, 4) is 0 Å². The van der Waals surface area contributed by atoms with Gasteiger partial charge in [-0.25, -0.2) is 0 Å². The third-order valence-electron chi connectivity index (χ3n) is 3.24. The summed E-state index contributed by atoms with van der Waals surface area (Å²) in [6, 6.07) is 5.34. The average molecular weight is 291 g/mol. The molecular weight excluding hydrogens is 274 g/mol. The van der Waals surface area contributed by atoms with Gasteiger partial charge in [-0.2, -0.15) is 0 Å². The molecule has 0 unspecified atom stereocenters. The lowest BCUT2D eigenvalue weighted by atomic mass is 10.2. The van der Waals surface area contributed by atoms with Crippen LogP contribution in [0.25, 0.3) is 0 Å². The SMILES string of the molecule is Cc1ccc(NC(=O)Cn2c(C)c(C)sc2=O)cc1N. The van der Waals surface area contributed by atoms with E-state index in [0.29, 0.717) is 11.4 Å². The highest BCUT2D eigenvalue weighted by Gasteiger charge is 2.11. The van der Waals surface area contributed by atoms with E-state index in [4.69, 9.17) is 5.73 Å². The zero-order valence-electron chi connectivity index (χ0n) is 11.7. The van der Waals surface area contributed by atoms with Crippen molar-refractivity contribution in [2.24, 2.45) is 0 Å². The number of anilines is 2. The lowest BCUT2D eigenvalue weighted by Crippen LogP contribution is -2.25. The van der Waals surface area contributed by atoms with Crippen LogP contribution in [-0.4, -0.2) is 10.5 Å². The van der Waals surface area contributed by atoms with Crippen molar-refractivity contribution < 1.29 is 4.79 Å². The van der Waals surface area contributed by atoms with Gasteiger partial charge in [0.05, 0.1) is 0 Å². The van der Waals surface area contributed by atoms with Gasteiger partial charge in [0, 0.05) is 21.9 Å². The van der Waals surface area contributed by atoms with E-state index in [1.54, 1.807) is 12.1 Å². The molecule has 1 aromatic heterocycles. The molecule has 0 aliphatic rings. The van der Waals surface area contributed by atoms with Gasteiger partial charge in [-0.15, -0.1) is 0 Å². The number of nitrogen functional groups attached to an aromatic ring is 1. The summed E-state index contributed by atoms with van der Waals surface area (Å²) >= 11 is 1.16. The maximum absolute atomic E-state index is 12.0. The molecule has 0 atom stereocenters. The average Bonchev–Trinajstić information content (AvgIpc) is 2.61. The van der Waals surface area contributed by atoms with E-state index in [1.165, 1.54) is 4.57 Å². The highest BCUT2D eigenvalue weighted by atomic mass is 32.1. The number of aromatic nitrogens is 1. The molecule has 1 heterocycles. The summed E-state index contributed by atoms with van der Waals surface area (Å²) < 4.78 is 1.48. The van der Waals surface area contributed by atoms with Crippen LogP contribution in [0.3, 0.4) is 0 Å². The number of amides is 1. The summed E-state index contributed by atoms with van der Waals surface area (Å²) in [5.74, 6) is -0.240. The number of rotatable bonds is 3. The molecule has 0 radical (unpaired) electrons. The fourth-order valence-corrected chi connectivity index (χ4v) is 2.66. The molecule has 106 valence electrons. The molecule has 3 N–H and O–H groups in total. The van der Waals surface area contributed by atoms with E-state index in [-0.39, 0.29) is 17.3 Å². The molecule has 1 amide bonds. The van der Waals surface area contributed by atoms with Crippen LogP contribution in [0.2, 0.25) is 0 Å². The molecule has 2 aromatic rings. The quantitative estimate of drug-likeness (QED) is 0.850. The van der Waals surface area contributed by atoms with Gasteiger partial charge >= 0.3 is 4.87 Å². The van der Waals surface area contributed by atoms with E-state index in [9.17, 15) is 9.59 Å². The summed E-state index contributed by atoms with van der Waals surface area (Å²) in [6.45, 7) is 5.63. The first-order valence-electron chi connectivity index (χ1n) is 6.21. The van der Waals surface area contributed by atoms with Gasteiger partial charge in [0.2, 0.25) is 5.91 Å². The Morgan fingerprint density at radius 1 is 1.35 bits per heavy atom. The lowest BCUT2D eigenvalue weighted by Gasteiger charge is -2.08. The van der Waals surface area contributed by atoms with Crippen LogP contribution < -0.4 is 15.9 Å². The zero-order valence-corrected chi connectivity index (χ0v) is 12.5. The van der Waals surface area contributed by atoms with Gasteiger partial charge in [-0.05, 0) is 38.5 Å². The molecule has 1 aromatic carbocycles. The van der Waals surface area contributed by atoms with E-state index in [2.05, 4.69) is 5.32 Å². The van der Waals surface area contributed by atoms with E-state index in [1.807, 2.05) is 26.8 Å². The maximum Gasteiger partial charge on any atom is 0.308 e. The van der Waals surface area contributed by atoms with Crippen molar-refractivity contribution in [1.29, 1.82) is 0 Å². The van der Waals surface area contributed by atoms with Crippen LogP contribution in [-0.2, 0) is 11.3 Å². The van der Waals surface area contributed by atoms with E-state index < -0.39 is 0 Å². The summed E-state index contributed by atoms with van der Waals surface area (Å²) in [5, 5.41) is 2.75. The normalized spacial score (nSPS) is 10.6. The van der Waals surface area contributed by atoms with Gasteiger partial charge in [0.15, 0.2) is 0 Å². The van der Waals surface area contributed by atoms with Crippen molar-refractivity contribution in [3.05, 3.63) is 44.0 Å². The van der Waals surface area contributed by atoms with Crippen molar-refractivity contribution in [2.45, 2.75) is 27.3 Å². The Balaban J connectivity index is 2.13. The number of hydrogen-bond donors (Lipinski definition) is 2. The minimum absolute atomic E-state index is 0.0167. The molecule has 0 aliphatic carbocycles. The molecule has 0 spiro atoms. The summed E-state index contributed by atoms with van der Waals surface area (Å²) in [5.41, 5.74) is 8.85. The molecule has 0 saturated heterocycles. The molecule has 20 heavy (non-hydrogen) atoms. The molecule has 0 saturated carbocycles. The second kappa shape index (κ2) is 5.50. The Bertz CT molecular complexity index is 716. The first kappa shape index (κ1) is 14.3. The highest BCUT2D eigenvalue weighted by molar-refractivity contribution is 7.09. The monoisotopic (exact) mass is 291 g/mol. The summed E-state index contributed by atoms with van der Waals surface area (Å²) in [7, 11) is 0. The Hall–Kier alpha value is -2.08. The van der Waals surface area contributed by atoms with Gasteiger partial charge in [-0.3, -0.25) is 14.2 Å². The number of benzene rings is 1. The second-order valence-electron chi connectivity index (χ2n) is 4.72. The molecule has 2 rings (SSSR count). The fourth-order valence-electron chi connectivity index (χ4n) is 1.83. The number of carbonyl (C=O) groups is 1. The summed E-state index contributed by atoms with van der Waals surface area (Å²) in [4.78, 5) is 24.5. The predicted octanol–water partition coefficient (Wildman–Crippen LogP) is 2.06. The van der Waals surface area contributed by atoms with Gasteiger partial charge in [0.25, 0.3) is 0 Å². The standard InChI is InChI=1S/C14H17N3O2S/c1-8-4-5-11(6-12(8)15)16-13(18)7-17-9(2)10(3)20-14(17)19/h4-6H,7,15H2,1-3H3,(H,16,18). The van der Waals surface area contributed by atoms with Gasteiger partial charge in [-0.1, -0.05) is 17.4 Å². The van der Waals surface area contributed by atoms with E-state index >= 15 is 0 Å². The highest BCUT2D eigenvalue weighted by Crippen LogP contribution is 2.17. The van der Waals surface area contributed by atoms with Crippen molar-refractivity contribution in [1.82, 2.24) is 4.57 Å². The van der Waals surface area contributed by atoms with E-state index in [0.717, 1.165) is 27.5 Å². The molecule has 0 fully saturated rings. The first-order chi connectivity index (χ1) is 9.38. The predicted molar refractivity (Wildman–Crippen MR) is 82.3 cm³/mol. The molecule has 0 aliphatic heterocycles. The van der Waals surface area contributed by atoms with Crippen LogP contribution in [0.1, 0.15) is 16.1 Å². The smallest absolute Gasteiger partial charge is 0.308 e.